The molecule has 0 aliphatic carbocycles. The molecule has 1 unspecified atom stereocenters. The van der Waals surface area contributed by atoms with E-state index in [1.807, 2.05) is 0 Å². The highest BCUT2D eigenvalue weighted by molar-refractivity contribution is 7.92. The lowest BCUT2D eigenvalue weighted by Gasteiger charge is -2.29. The van der Waals surface area contributed by atoms with Crippen LogP contribution in [0.15, 0.2) is 47.4 Å². The summed E-state index contributed by atoms with van der Waals surface area (Å²) in [5.41, 5.74) is 1.33. The molecule has 0 aromatic heterocycles. The molecule has 2 aliphatic rings. The van der Waals surface area contributed by atoms with Crippen molar-refractivity contribution in [3.05, 3.63) is 53.6 Å². The number of anilines is 1. The van der Waals surface area contributed by atoms with Gasteiger partial charge in [0.2, 0.25) is 11.8 Å². The average molecular weight is 429 g/mol. The predicted molar refractivity (Wildman–Crippen MR) is 106 cm³/mol. The van der Waals surface area contributed by atoms with E-state index in [0.717, 1.165) is 0 Å². The van der Waals surface area contributed by atoms with Crippen molar-refractivity contribution in [2.24, 2.45) is 0 Å². The van der Waals surface area contributed by atoms with E-state index in [2.05, 4.69) is 10.0 Å². The Labute approximate surface area is 173 Å². The molecule has 0 spiro atoms. The third-order valence-electron chi connectivity index (χ3n) is 5.15. The summed E-state index contributed by atoms with van der Waals surface area (Å²) in [4.78, 5) is 37.7. The Hall–Kier alpha value is -3.40. The first-order valence-corrected chi connectivity index (χ1v) is 10.7. The Morgan fingerprint density at radius 3 is 2.50 bits per heavy atom. The first-order chi connectivity index (χ1) is 14.3. The second kappa shape index (κ2) is 7.45. The fraction of sp³-hybridized carbons (Fsp3) is 0.250. The van der Waals surface area contributed by atoms with Gasteiger partial charge < -0.3 is 9.64 Å². The monoisotopic (exact) mass is 429 g/mol. The van der Waals surface area contributed by atoms with Crippen LogP contribution in [0.2, 0.25) is 0 Å². The molecule has 1 fully saturated rings. The topological polar surface area (TPSA) is 122 Å². The van der Waals surface area contributed by atoms with Gasteiger partial charge in [-0.3, -0.25) is 24.4 Å². The molecule has 0 radical (unpaired) electrons. The zero-order valence-electron chi connectivity index (χ0n) is 16.0. The summed E-state index contributed by atoms with van der Waals surface area (Å²) in [6.45, 7) is 0.165. The minimum absolute atomic E-state index is 0.0741. The molecule has 156 valence electrons. The summed E-state index contributed by atoms with van der Waals surface area (Å²) < 4.78 is 32.8. The van der Waals surface area contributed by atoms with Crippen molar-refractivity contribution in [1.82, 2.24) is 10.2 Å². The Morgan fingerprint density at radius 1 is 1.10 bits per heavy atom. The quantitative estimate of drug-likeness (QED) is 0.690. The van der Waals surface area contributed by atoms with Crippen molar-refractivity contribution in [2.75, 3.05) is 11.8 Å². The Bertz CT molecular complexity index is 1140. The Morgan fingerprint density at radius 2 is 1.83 bits per heavy atom. The van der Waals surface area contributed by atoms with Gasteiger partial charge in [-0.25, -0.2) is 8.42 Å². The maximum Gasteiger partial charge on any atom is 0.261 e. The van der Waals surface area contributed by atoms with Gasteiger partial charge in [0, 0.05) is 24.2 Å². The number of benzene rings is 2. The van der Waals surface area contributed by atoms with Gasteiger partial charge in [0.15, 0.2) is 0 Å². The summed E-state index contributed by atoms with van der Waals surface area (Å²) in [6, 6.07) is 9.87. The molecule has 0 bridgehead atoms. The van der Waals surface area contributed by atoms with Gasteiger partial charge in [0.05, 0.1) is 12.0 Å². The van der Waals surface area contributed by atoms with E-state index in [1.165, 1.54) is 36.3 Å². The summed E-state index contributed by atoms with van der Waals surface area (Å²) >= 11 is 0. The van der Waals surface area contributed by atoms with E-state index in [-0.39, 0.29) is 36.1 Å². The summed E-state index contributed by atoms with van der Waals surface area (Å²) in [7, 11) is -2.33. The molecule has 2 heterocycles. The fourth-order valence-corrected chi connectivity index (χ4v) is 4.66. The molecule has 3 amide bonds. The third-order valence-corrected chi connectivity index (χ3v) is 6.54. The smallest absolute Gasteiger partial charge is 0.261 e. The van der Waals surface area contributed by atoms with E-state index in [0.29, 0.717) is 22.6 Å². The van der Waals surface area contributed by atoms with Crippen molar-refractivity contribution in [2.45, 2.75) is 30.3 Å². The minimum atomic E-state index is -3.82. The maximum atomic E-state index is 12.7. The van der Waals surface area contributed by atoms with E-state index in [4.69, 9.17) is 4.74 Å². The van der Waals surface area contributed by atoms with Crippen LogP contribution in [0.3, 0.4) is 0 Å². The number of ether oxygens (including phenoxy) is 1. The fourth-order valence-electron chi connectivity index (χ4n) is 3.61. The maximum absolute atomic E-state index is 12.7. The third kappa shape index (κ3) is 3.61. The number of carbonyl (C=O) groups excluding carboxylic acids is 3. The zero-order chi connectivity index (χ0) is 21.5. The number of nitrogens with one attached hydrogen (secondary N) is 2. The van der Waals surface area contributed by atoms with Gasteiger partial charge in [-0.2, -0.15) is 0 Å². The number of piperidine rings is 1. The lowest BCUT2D eigenvalue weighted by molar-refractivity contribution is -0.136. The number of amides is 3. The van der Waals surface area contributed by atoms with Gasteiger partial charge in [-0.15, -0.1) is 0 Å². The first-order valence-electron chi connectivity index (χ1n) is 9.23. The van der Waals surface area contributed by atoms with Crippen LogP contribution >= 0.6 is 0 Å². The number of methoxy groups -OCH3 is 1. The van der Waals surface area contributed by atoms with Crippen LogP contribution in [0.25, 0.3) is 0 Å². The second-order valence-corrected chi connectivity index (χ2v) is 8.74. The normalized spacial score (nSPS) is 18.8. The molecule has 9 nitrogen and oxygen atoms in total. The predicted octanol–water partition coefficient (Wildman–Crippen LogP) is 1.26. The molecule has 10 heteroatoms. The second-order valence-electron chi connectivity index (χ2n) is 7.05. The average Bonchev–Trinajstić information content (AvgIpc) is 3.03. The highest BCUT2D eigenvalue weighted by Crippen LogP contribution is 2.30. The van der Waals surface area contributed by atoms with Crippen LogP contribution in [0, 0.1) is 0 Å². The number of carbonyl (C=O) groups is 3. The number of imide groups is 1. The standard InChI is InChI=1S/C20H19N3O6S/c1-29-14-3-5-15(6-4-14)30(27,28)22-13-2-7-16-12(10-13)11-23(20(16)26)17-8-9-18(24)21-19(17)25/h2-7,10,17,22H,8-9,11H2,1H3,(H,21,24,25). The Kier molecular flexibility index (Phi) is 4.94. The summed E-state index contributed by atoms with van der Waals surface area (Å²) in [5.74, 6) is -0.619. The molecular weight excluding hydrogens is 410 g/mol. The van der Waals surface area contributed by atoms with Crippen molar-refractivity contribution >= 4 is 33.4 Å². The molecular formula is C20H19N3O6S. The molecule has 2 aromatic rings. The van der Waals surface area contributed by atoms with Gasteiger partial charge in [-0.05, 0) is 54.4 Å². The van der Waals surface area contributed by atoms with E-state index >= 15 is 0 Å². The number of rotatable bonds is 5. The summed E-state index contributed by atoms with van der Waals surface area (Å²) in [5, 5.41) is 2.25. The van der Waals surface area contributed by atoms with Gasteiger partial charge >= 0.3 is 0 Å². The van der Waals surface area contributed by atoms with Gasteiger partial charge in [-0.1, -0.05) is 0 Å². The van der Waals surface area contributed by atoms with E-state index < -0.39 is 22.0 Å². The van der Waals surface area contributed by atoms with Crippen molar-refractivity contribution in [3.63, 3.8) is 0 Å². The highest BCUT2D eigenvalue weighted by atomic mass is 32.2. The molecule has 4 rings (SSSR count). The molecule has 0 saturated carbocycles. The van der Waals surface area contributed by atoms with Gasteiger partial charge in [0.1, 0.15) is 11.8 Å². The Balaban J connectivity index is 1.54. The van der Waals surface area contributed by atoms with E-state index in [9.17, 15) is 22.8 Å². The highest BCUT2D eigenvalue weighted by Gasteiger charge is 2.39. The van der Waals surface area contributed by atoms with Gasteiger partial charge in [0.25, 0.3) is 15.9 Å². The van der Waals surface area contributed by atoms with Crippen LogP contribution in [0.5, 0.6) is 5.75 Å². The molecule has 2 N–H and O–H groups in total. The summed E-state index contributed by atoms with van der Waals surface area (Å²) in [6.07, 6.45) is 0.435. The van der Waals surface area contributed by atoms with Crippen LogP contribution in [-0.4, -0.2) is 44.2 Å². The SMILES string of the molecule is COc1ccc(S(=O)(=O)Nc2ccc3c(c2)CN(C2CCC(=O)NC2=O)C3=O)cc1. The number of nitrogens with zero attached hydrogens (tertiary/aromatic N) is 1. The van der Waals surface area contributed by atoms with Crippen LogP contribution in [0.4, 0.5) is 5.69 Å². The number of fused-ring (bicyclic) bond motifs is 1. The number of hydrogen-bond acceptors (Lipinski definition) is 6. The first kappa shape index (κ1) is 19.9. The van der Waals surface area contributed by atoms with Crippen molar-refractivity contribution < 1.29 is 27.5 Å². The largest absolute Gasteiger partial charge is 0.497 e. The van der Waals surface area contributed by atoms with Crippen LogP contribution < -0.4 is 14.8 Å². The van der Waals surface area contributed by atoms with Crippen molar-refractivity contribution in [1.29, 1.82) is 0 Å². The van der Waals surface area contributed by atoms with Crippen molar-refractivity contribution in [3.8, 4) is 5.75 Å². The molecule has 1 saturated heterocycles. The lowest BCUT2D eigenvalue weighted by atomic mass is 10.0. The molecule has 30 heavy (non-hydrogen) atoms. The molecule has 2 aromatic carbocycles. The molecule has 1 atom stereocenters. The zero-order valence-corrected chi connectivity index (χ0v) is 16.9. The number of hydrogen-bond donors (Lipinski definition) is 2. The van der Waals surface area contributed by atoms with E-state index in [1.54, 1.807) is 18.2 Å². The lowest BCUT2D eigenvalue weighted by Crippen LogP contribution is -2.52. The van der Waals surface area contributed by atoms with Crippen LogP contribution in [-0.2, 0) is 26.2 Å². The number of sulfonamides is 1. The van der Waals surface area contributed by atoms with Crippen LogP contribution in [0.1, 0.15) is 28.8 Å². The molecule has 2 aliphatic heterocycles. The minimum Gasteiger partial charge on any atom is -0.497 e.